The third kappa shape index (κ3) is 5.32. The SMILES string of the molecule is O=C(NC1CCCC1OCc1ccccc1)c1ccc2nc(-c3ccc(NC(=O)C45CC6CC(CC(C6)C4)C5)cc3)[nH]c2c1. The number of anilines is 1. The molecule has 5 saturated carbocycles. The summed E-state index contributed by atoms with van der Waals surface area (Å²) in [6.07, 6.45) is 10.1. The first-order valence-electron chi connectivity index (χ1n) is 16.4. The van der Waals surface area contributed by atoms with Crippen molar-refractivity contribution in [3.63, 3.8) is 0 Å². The van der Waals surface area contributed by atoms with Gasteiger partial charge in [-0.05, 0) is 124 Å². The highest BCUT2D eigenvalue weighted by Crippen LogP contribution is 2.60. The van der Waals surface area contributed by atoms with Crippen LogP contribution in [0.4, 0.5) is 5.69 Å². The van der Waals surface area contributed by atoms with Gasteiger partial charge < -0.3 is 20.4 Å². The van der Waals surface area contributed by atoms with Gasteiger partial charge in [0.1, 0.15) is 5.82 Å². The maximum absolute atomic E-state index is 13.5. The Kier molecular flexibility index (Phi) is 7.01. The molecule has 2 atom stereocenters. The number of carbonyl (C=O) groups excluding carboxylic acids is 2. The number of amides is 2. The van der Waals surface area contributed by atoms with Gasteiger partial charge in [-0.3, -0.25) is 9.59 Å². The fraction of sp³-hybridized carbons (Fsp3) is 0.432. The maximum atomic E-state index is 13.5. The fourth-order valence-electron chi connectivity index (χ4n) is 8.97. The predicted octanol–water partition coefficient (Wildman–Crippen LogP) is 7.25. The summed E-state index contributed by atoms with van der Waals surface area (Å²) >= 11 is 0. The van der Waals surface area contributed by atoms with Crippen molar-refractivity contribution >= 4 is 28.5 Å². The zero-order valence-corrected chi connectivity index (χ0v) is 25.1. The van der Waals surface area contributed by atoms with Gasteiger partial charge in [0.15, 0.2) is 0 Å². The molecule has 4 bridgehead atoms. The van der Waals surface area contributed by atoms with E-state index in [4.69, 9.17) is 9.72 Å². The Morgan fingerprint density at radius 3 is 2.34 bits per heavy atom. The lowest BCUT2D eigenvalue weighted by Gasteiger charge is -2.55. The van der Waals surface area contributed by atoms with Crippen LogP contribution in [0.3, 0.4) is 0 Å². The quantitative estimate of drug-likeness (QED) is 0.202. The lowest BCUT2D eigenvalue weighted by molar-refractivity contribution is -0.140. The lowest BCUT2D eigenvalue weighted by atomic mass is 9.49. The highest BCUT2D eigenvalue weighted by Gasteiger charge is 2.54. The summed E-state index contributed by atoms with van der Waals surface area (Å²) in [5.74, 6) is 3.09. The minimum Gasteiger partial charge on any atom is -0.371 e. The molecule has 0 aliphatic heterocycles. The van der Waals surface area contributed by atoms with Crippen LogP contribution in [0, 0.1) is 23.2 Å². The van der Waals surface area contributed by atoms with Gasteiger partial charge >= 0.3 is 0 Å². The van der Waals surface area contributed by atoms with E-state index in [-0.39, 0.29) is 29.4 Å². The molecule has 0 radical (unpaired) electrons. The van der Waals surface area contributed by atoms with E-state index >= 15 is 0 Å². The Morgan fingerprint density at radius 1 is 0.886 bits per heavy atom. The number of aromatic amines is 1. The first kappa shape index (κ1) is 27.6. The number of nitrogens with one attached hydrogen (secondary N) is 3. The van der Waals surface area contributed by atoms with Crippen LogP contribution in [-0.4, -0.2) is 33.9 Å². The number of ether oxygens (including phenoxy) is 1. The molecule has 9 rings (SSSR count). The van der Waals surface area contributed by atoms with Crippen LogP contribution in [0.2, 0.25) is 0 Å². The van der Waals surface area contributed by atoms with Crippen molar-refractivity contribution in [3.8, 4) is 11.4 Å². The molecule has 2 unspecified atom stereocenters. The fourth-order valence-corrected chi connectivity index (χ4v) is 8.97. The van der Waals surface area contributed by atoms with E-state index in [1.807, 2.05) is 60.7 Å². The van der Waals surface area contributed by atoms with E-state index in [0.717, 1.165) is 90.0 Å². The van der Waals surface area contributed by atoms with Crippen LogP contribution >= 0.6 is 0 Å². The molecular formula is C37H40N4O3. The topological polar surface area (TPSA) is 96.1 Å². The monoisotopic (exact) mass is 588 g/mol. The minimum absolute atomic E-state index is 0.00110. The van der Waals surface area contributed by atoms with Crippen molar-refractivity contribution in [2.24, 2.45) is 23.2 Å². The van der Waals surface area contributed by atoms with Crippen molar-refractivity contribution in [1.82, 2.24) is 15.3 Å². The summed E-state index contributed by atoms with van der Waals surface area (Å²) in [6, 6.07) is 23.7. The van der Waals surface area contributed by atoms with Crippen molar-refractivity contribution in [1.29, 1.82) is 0 Å². The van der Waals surface area contributed by atoms with Crippen LogP contribution in [0.25, 0.3) is 22.4 Å². The van der Waals surface area contributed by atoms with Crippen LogP contribution < -0.4 is 10.6 Å². The second kappa shape index (κ2) is 11.2. The average Bonchev–Trinajstić information content (AvgIpc) is 3.66. The number of imidazole rings is 1. The van der Waals surface area contributed by atoms with Crippen molar-refractivity contribution in [2.45, 2.75) is 76.5 Å². The third-order valence-electron chi connectivity index (χ3n) is 10.8. The molecule has 2 amide bonds. The molecule has 1 heterocycles. The number of aromatic nitrogens is 2. The Labute approximate surface area is 258 Å². The average molecular weight is 589 g/mol. The normalized spacial score (nSPS) is 28.8. The number of hydrogen-bond donors (Lipinski definition) is 3. The first-order valence-corrected chi connectivity index (χ1v) is 16.4. The molecular weight excluding hydrogens is 548 g/mol. The van der Waals surface area contributed by atoms with Gasteiger partial charge in [-0.2, -0.15) is 0 Å². The molecule has 4 aromatic rings. The lowest BCUT2D eigenvalue weighted by Crippen LogP contribution is -2.51. The van der Waals surface area contributed by atoms with E-state index in [0.29, 0.717) is 12.2 Å². The number of benzene rings is 3. The van der Waals surface area contributed by atoms with Gasteiger partial charge in [-0.15, -0.1) is 0 Å². The van der Waals surface area contributed by atoms with Crippen molar-refractivity contribution in [2.75, 3.05) is 5.32 Å². The van der Waals surface area contributed by atoms with Gasteiger partial charge in [0, 0.05) is 16.8 Å². The van der Waals surface area contributed by atoms with E-state index in [9.17, 15) is 9.59 Å². The Hall–Kier alpha value is -3.97. The highest BCUT2D eigenvalue weighted by molar-refractivity contribution is 5.98. The minimum atomic E-state index is -0.163. The Bertz CT molecular complexity index is 1640. The molecule has 5 aliphatic carbocycles. The molecule has 3 N–H and O–H groups in total. The Balaban J connectivity index is 0.912. The van der Waals surface area contributed by atoms with E-state index in [2.05, 4.69) is 27.8 Å². The molecule has 5 fully saturated rings. The molecule has 0 saturated heterocycles. The summed E-state index contributed by atoms with van der Waals surface area (Å²) in [5, 5.41) is 6.46. The number of fused-ring (bicyclic) bond motifs is 1. The number of rotatable bonds is 8. The second-order valence-electron chi connectivity index (χ2n) is 13.9. The van der Waals surface area contributed by atoms with Gasteiger partial charge in [-0.1, -0.05) is 30.3 Å². The second-order valence-corrected chi connectivity index (χ2v) is 13.9. The summed E-state index contributed by atoms with van der Waals surface area (Å²) in [4.78, 5) is 34.9. The summed E-state index contributed by atoms with van der Waals surface area (Å²) in [7, 11) is 0. The predicted molar refractivity (Wildman–Crippen MR) is 171 cm³/mol. The van der Waals surface area contributed by atoms with Crippen LogP contribution in [-0.2, 0) is 16.1 Å². The van der Waals surface area contributed by atoms with E-state index in [1.165, 1.54) is 19.3 Å². The molecule has 7 nitrogen and oxygen atoms in total. The summed E-state index contributed by atoms with van der Waals surface area (Å²) in [5.41, 5.74) is 4.97. The van der Waals surface area contributed by atoms with Crippen LogP contribution in [0.1, 0.15) is 73.7 Å². The zero-order valence-electron chi connectivity index (χ0n) is 25.1. The number of carbonyl (C=O) groups is 2. The van der Waals surface area contributed by atoms with Gasteiger partial charge in [0.2, 0.25) is 5.91 Å². The highest BCUT2D eigenvalue weighted by atomic mass is 16.5. The largest absolute Gasteiger partial charge is 0.371 e. The van der Waals surface area contributed by atoms with Crippen LogP contribution in [0.5, 0.6) is 0 Å². The van der Waals surface area contributed by atoms with Gasteiger partial charge in [-0.25, -0.2) is 4.98 Å². The standard InChI is InChI=1S/C37H40N4O3/c42-35(41-31-7-4-8-33(31)44-22-23-5-2-1-3-6-23)28-11-14-30-32(18-28)40-34(39-30)27-9-12-29(13-10-27)38-36(43)37-19-24-15-25(20-37)17-26(16-24)21-37/h1-3,5-6,9-14,18,24-26,31,33H,4,7-8,15-17,19-22H2,(H,38,43)(H,39,40)(H,41,42). The van der Waals surface area contributed by atoms with Gasteiger partial charge in [0.25, 0.3) is 5.91 Å². The number of H-pyrrole nitrogens is 1. The molecule has 226 valence electrons. The van der Waals surface area contributed by atoms with E-state index < -0.39 is 0 Å². The number of hydrogen-bond acceptors (Lipinski definition) is 4. The third-order valence-corrected chi connectivity index (χ3v) is 10.8. The maximum Gasteiger partial charge on any atom is 0.251 e. The first-order chi connectivity index (χ1) is 21.5. The molecule has 5 aliphatic rings. The molecule has 1 aromatic heterocycles. The van der Waals surface area contributed by atoms with Crippen molar-refractivity contribution in [3.05, 3.63) is 83.9 Å². The Morgan fingerprint density at radius 2 is 1.61 bits per heavy atom. The molecule has 44 heavy (non-hydrogen) atoms. The molecule has 7 heteroatoms. The molecule has 3 aromatic carbocycles. The van der Waals surface area contributed by atoms with Crippen molar-refractivity contribution < 1.29 is 14.3 Å². The zero-order chi connectivity index (χ0) is 29.7. The smallest absolute Gasteiger partial charge is 0.251 e. The van der Waals surface area contributed by atoms with Gasteiger partial charge in [0.05, 0.1) is 35.2 Å². The summed E-state index contributed by atoms with van der Waals surface area (Å²) < 4.78 is 6.19. The number of nitrogens with zero attached hydrogens (tertiary/aromatic N) is 1. The summed E-state index contributed by atoms with van der Waals surface area (Å²) in [6.45, 7) is 0.552. The van der Waals surface area contributed by atoms with Crippen LogP contribution in [0.15, 0.2) is 72.8 Å². The van der Waals surface area contributed by atoms with E-state index in [1.54, 1.807) is 0 Å². The molecule has 0 spiro atoms.